The third-order valence-electron chi connectivity index (χ3n) is 0.552. The SMILES string of the molecule is CCSSCCN=C=S. The molecule has 0 spiro atoms. The van der Waals surface area contributed by atoms with E-state index in [0.29, 0.717) is 0 Å². The van der Waals surface area contributed by atoms with E-state index in [2.05, 4.69) is 29.3 Å². The molecule has 0 aliphatic heterocycles. The van der Waals surface area contributed by atoms with Crippen molar-refractivity contribution in [2.24, 2.45) is 4.99 Å². The summed E-state index contributed by atoms with van der Waals surface area (Å²) in [4.78, 5) is 3.77. The average molecular weight is 179 g/mol. The van der Waals surface area contributed by atoms with E-state index in [4.69, 9.17) is 0 Å². The molecule has 0 radical (unpaired) electrons. The third-order valence-corrected chi connectivity index (χ3v) is 3.14. The molecule has 4 heteroatoms. The number of hydrogen-bond donors (Lipinski definition) is 0. The van der Waals surface area contributed by atoms with Crippen LogP contribution in [-0.2, 0) is 0 Å². The maximum absolute atomic E-state index is 4.40. The Hall–Kier alpha value is 0.500. The third kappa shape index (κ3) is 8.50. The van der Waals surface area contributed by atoms with E-state index in [9.17, 15) is 0 Å². The van der Waals surface area contributed by atoms with Crippen LogP contribution in [0.4, 0.5) is 0 Å². The van der Waals surface area contributed by atoms with Crippen molar-refractivity contribution >= 4 is 39.0 Å². The first-order chi connectivity index (χ1) is 4.41. The van der Waals surface area contributed by atoms with Gasteiger partial charge in [-0.2, -0.15) is 0 Å². The molecule has 0 atom stereocenters. The zero-order chi connectivity index (χ0) is 6.95. The van der Waals surface area contributed by atoms with Crippen LogP contribution >= 0.6 is 33.8 Å². The van der Waals surface area contributed by atoms with E-state index in [1.54, 1.807) is 0 Å². The van der Waals surface area contributed by atoms with Crippen molar-refractivity contribution in [3.63, 3.8) is 0 Å². The quantitative estimate of drug-likeness (QED) is 0.278. The molecule has 0 fully saturated rings. The van der Waals surface area contributed by atoms with Crippen molar-refractivity contribution < 1.29 is 0 Å². The van der Waals surface area contributed by atoms with Crippen molar-refractivity contribution in [2.75, 3.05) is 18.1 Å². The van der Waals surface area contributed by atoms with Gasteiger partial charge in [0.25, 0.3) is 0 Å². The van der Waals surface area contributed by atoms with Gasteiger partial charge in [0.2, 0.25) is 0 Å². The first kappa shape index (κ1) is 9.50. The van der Waals surface area contributed by atoms with Gasteiger partial charge in [-0.05, 0) is 12.2 Å². The molecule has 0 aliphatic rings. The van der Waals surface area contributed by atoms with Gasteiger partial charge in [0.05, 0.1) is 11.7 Å². The lowest BCUT2D eigenvalue weighted by molar-refractivity contribution is 1.17. The van der Waals surface area contributed by atoms with E-state index in [1.807, 2.05) is 21.6 Å². The van der Waals surface area contributed by atoms with Gasteiger partial charge >= 0.3 is 0 Å². The van der Waals surface area contributed by atoms with Crippen molar-refractivity contribution in [3.05, 3.63) is 0 Å². The van der Waals surface area contributed by atoms with E-state index >= 15 is 0 Å². The minimum absolute atomic E-state index is 0.807. The van der Waals surface area contributed by atoms with Crippen molar-refractivity contribution in [3.8, 4) is 0 Å². The maximum atomic E-state index is 4.40. The lowest BCUT2D eigenvalue weighted by Gasteiger charge is -1.91. The van der Waals surface area contributed by atoms with E-state index in [1.165, 1.54) is 0 Å². The summed E-state index contributed by atoms with van der Waals surface area (Å²) < 4.78 is 0. The second-order valence-corrected chi connectivity index (χ2v) is 4.26. The van der Waals surface area contributed by atoms with Crippen LogP contribution in [0.3, 0.4) is 0 Å². The number of aliphatic imine (C=N–C) groups is 1. The zero-order valence-electron chi connectivity index (χ0n) is 5.29. The molecule has 0 saturated carbocycles. The van der Waals surface area contributed by atoms with Crippen molar-refractivity contribution in [2.45, 2.75) is 6.92 Å². The lowest BCUT2D eigenvalue weighted by Crippen LogP contribution is -1.80. The predicted octanol–water partition coefficient (Wildman–Crippen LogP) is 2.49. The van der Waals surface area contributed by atoms with E-state index in [-0.39, 0.29) is 0 Å². The van der Waals surface area contributed by atoms with Gasteiger partial charge in [0, 0.05) is 11.5 Å². The Labute approximate surface area is 69.1 Å². The predicted molar refractivity (Wildman–Crippen MR) is 50.5 cm³/mol. The normalized spacial score (nSPS) is 8.56. The molecule has 0 aromatic carbocycles. The van der Waals surface area contributed by atoms with Crippen LogP contribution in [0.25, 0.3) is 0 Å². The number of nitrogens with zero attached hydrogens (tertiary/aromatic N) is 1. The van der Waals surface area contributed by atoms with Gasteiger partial charge in [-0.15, -0.1) is 0 Å². The highest BCUT2D eigenvalue weighted by atomic mass is 33.1. The highest BCUT2D eigenvalue weighted by molar-refractivity contribution is 8.76. The fourth-order valence-corrected chi connectivity index (χ4v) is 1.89. The Kier molecular flexibility index (Phi) is 8.97. The topological polar surface area (TPSA) is 12.4 Å². The first-order valence-corrected chi connectivity index (χ1v) is 5.59. The van der Waals surface area contributed by atoms with Gasteiger partial charge in [-0.1, -0.05) is 28.5 Å². The van der Waals surface area contributed by atoms with Crippen LogP contribution in [0.15, 0.2) is 4.99 Å². The van der Waals surface area contributed by atoms with E-state index in [0.717, 1.165) is 18.1 Å². The first-order valence-electron chi connectivity index (χ1n) is 2.70. The number of hydrogen-bond acceptors (Lipinski definition) is 4. The molecule has 0 bridgehead atoms. The molecule has 0 aliphatic carbocycles. The summed E-state index contributed by atoms with van der Waals surface area (Å²) >= 11 is 4.40. The molecule has 52 valence electrons. The fourth-order valence-electron chi connectivity index (χ4n) is 0.271. The molecule has 0 aromatic heterocycles. The Morgan fingerprint density at radius 3 is 2.89 bits per heavy atom. The number of rotatable bonds is 5. The van der Waals surface area contributed by atoms with Gasteiger partial charge in [-0.3, -0.25) is 0 Å². The fraction of sp³-hybridized carbons (Fsp3) is 0.800. The minimum atomic E-state index is 0.807. The molecule has 0 unspecified atom stereocenters. The number of isothiocyanates is 1. The molecule has 0 saturated heterocycles. The zero-order valence-corrected chi connectivity index (χ0v) is 7.74. The Morgan fingerprint density at radius 2 is 2.33 bits per heavy atom. The van der Waals surface area contributed by atoms with Crippen LogP contribution in [0, 0.1) is 0 Å². The Balaban J connectivity index is 2.82. The maximum Gasteiger partial charge on any atom is 0.0591 e. The summed E-state index contributed by atoms with van der Waals surface area (Å²) in [5, 5.41) is 2.33. The van der Waals surface area contributed by atoms with Crippen molar-refractivity contribution in [1.82, 2.24) is 0 Å². The molecule has 0 amide bonds. The summed E-state index contributed by atoms with van der Waals surface area (Å²) in [5.74, 6) is 2.20. The highest BCUT2D eigenvalue weighted by Crippen LogP contribution is 2.19. The van der Waals surface area contributed by atoms with Crippen molar-refractivity contribution in [1.29, 1.82) is 0 Å². The molecule has 0 rings (SSSR count). The van der Waals surface area contributed by atoms with Crippen LogP contribution < -0.4 is 0 Å². The van der Waals surface area contributed by atoms with Crippen LogP contribution in [-0.4, -0.2) is 23.2 Å². The molecule has 0 aromatic rings. The second kappa shape index (κ2) is 8.50. The minimum Gasteiger partial charge on any atom is -0.232 e. The van der Waals surface area contributed by atoms with Crippen LogP contribution in [0.2, 0.25) is 0 Å². The summed E-state index contributed by atoms with van der Waals surface area (Å²) in [6.07, 6.45) is 0. The molecular formula is C5H9NS3. The molecule has 1 nitrogen and oxygen atoms in total. The van der Waals surface area contributed by atoms with Gasteiger partial charge in [-0.25, -0.2) is 4.99 Å². The average Bonchev–Trinajstić information content (AvgIpc) is 1.89. The molecule has 0 heterocycles. The standard InChI is InChI=1S/C5H9NS3/c1-2-8-9-4-3-6-5-7/h2-4H2,1H3. The van der Waals surface area contributed by atoms with Gasteiger partial charge in [0.1, 0.15) is 0 Å². The summed E-state index contributed by atoms with van der Waals surface area (Å²) in [5.41, 5.74) is 0. The summed E-state index contributed by atoms with van der Waals surface area (Å²) in [6, 6.07) is 0. The van der Waals surface area contributed by atoms with Crippen LogP contribution in [0.5, 0.6) is 0 Å². The highest BCUT2D eigenvalue weighted by Gasteiger charge is 1.83. The smallest absolute Gasteiger partial charge is 0.0591 e. The molecular weight excluding hydrogens is 170 g/mol. The Morgan fingerprint density at radius 1 is 1.56 bits per heavy atom. The lowest BCUT2D eigenvalue weighted by atomic mass is 10.8. The van der Waals surface area contributed by atoms with Crippen LogP contribution in [0.1, 0.15) is 6.92 Å². The van der Waals surface area contributed by atoms with E-state index < -0.39 is 0 Å². The molecule has 0 N–H and O–H groups in total. The largest absolute Gasteiger partial charge is 0.232 e. The van der Waals surface area contributed by atoms with Gasteiger partial charge < -0.3 is 0 Å². The Bertz CT molecular complexity index is 98.4. The summed E-state index contributed by atoms with van der Waals surface area (Å²) in [6.45, 7) is 2.95. The number of thiocarbonyl (C=S) groups is 1. The second-order valence-electron chi connectivity index (χ2n) is 1.20. The monoisotopic (exact) mass is 179 g/mol. The summed E-state index contributed by atoms with van der Waals surface area (Å²) in [7, 11) is 3.68. The van der Waals surface area contributed by atoms with Gasteiger partial charge in [0.15, 0.2) is 0 Å². The molecule has 9 heavy (non-hydrogen) atoms.